The van der Waals surface area contributed by atoms with Crippen molar-refractivity contribution in [2.45, 2.75) is 180 Å². The smallest absolute Gasteiger partial charge is 0.462 e. The van der Waals surface area contributed by atoms with Crippen LogP contribution in [0.4, 0.5) is 0 Å². The van der Waals surface area contributed by atoms with Crippen LogP contribution >= 0.6 is 7.82 Å². The van der Waals surface area contributed by atoms with Gasteiger partial charge in [0.25, 0.3) is 0 Å². The maximum absolute atomic E-state index is 12.5. The highest BCUT2D eigenvalue weighted by atomic mass is 31.2. The number of hydrogen-bond donors (Lipinski definition) is 5. The zero-order valence-electron chi connectivity index (χ0n) is 33.2. The quantitative estimate of drug-likeness (QED) is 0.0186. The first-order chi connectivity index (χ1) is 26.0. The van der Waals surface area contributed by atoms with E-state index in [0.717, 1.165) is 64.2 Å². The van der Waals surface area contributed by atoms with Gasteiger partial charge in [0.1, 0.15) is 6.61 Å². The van der Waals surface area contributed by atoms with Crippen molar-refractivity contribution in [2.75, 3.05) is 13.2 Å². The van der Waals surface area contributed by atoms with Crippen molar-refractivity contribution in [3.05, 3.63) is 48.6 Å². The Balaban J connectivity index is 2.31. The number of rotatable bonds is 33. The number of allylic oxidation sites excluding steroid dienone is 6. The van der Waals surface area contributed by atoms with Gasteiger partial charge in [-0.15, -0.1) is 0 Å². The van der Waals surface area contributed by atoms with E-state index in [9.17, 15) is 29.5 Å². The fraction of sp³-hybridized carbons (Fsp3) is 0.762. The third-order valence-corrected chi connectivity index (χ3v) is 10.1. The molecule has 12 heteroatoms. The summed E-state index contributed by atoms with van der Waals surface area (Å²) >= 11 is 0. The van der Waals surface area contributed by atoms with Crippen LogP contribution < -0.4 is 0 Å². The minimum atomic E-state index is -4.83. The Morgan fingerprint density at radius 1 is 0.722 bits per heavy atom. The van der Waals surface area contributed by atoms with Gasteiger partial charge in [0.2, 0.25) is 0 Å². The van der Waals surface area contributed by atoms with E-state index >= 15 is 0 Å². The van der Waals surface area contributed by atoms with Crippen LogP contribution in [0, 0.1) is 11.8 Å². The highest BCUT2D eigenvalue weighted by Crippen LogP contribution is 2.37. The fourth-order valence-corrected chi connectivity index (χ4v) is 6.82. The van der Waals surface area contributed by atoms with E-state index in [1.54, 1.807) is 6.08 Å². The number of phosphoric ester groups is 1. The summed E-state index contributed by atoms with van der Waals surface area (Å²) in [6.07, 6.45) is 32.1. The van der Waals surface area contributed by atoms with Crippen LogP contribution in [0.5, 0.6) is 0 Å². The van der Waals surface area contributed by atoms with E-state index in [4.69, 9.17) is 19.3 Å². The zero-order valence-corrected chi connectivity index (χ0v) is 34.1. The highest BCUT2D eigenvalue weighted by Gasteiger charge is 2.39. The molecule has 1 aliphatic carbocycles. The van der Waals surface area contributed by atoms with Crippen molar-refractivity contribution in [2.24, 2.45) is 11.8 Å². The van der Waals surface area contributed by atoms with Gasteiger partial charge in [-0.2, -0.15) is 0 Å². The molecule has 0 aromatic heterocycles. The van der Waals surface area contributed by atoms with Crippen LogP contribution in [0.2, 0.25) is 0 Å². The number of esters is 2. The number of carbonyl (C=O) groups is 2. The first-order valence-corrected chi connectivity index (χ1v) is 22.2. The van der Waals surface area contributed by atoms with Gasteiger partial charge < -0.3 is 34.6 Å². The van der Waals surface area contributed by atoms with E-state index in [0.29, 0.717) is 32.1 Å². The molecule has 0 heterocycles. The summed E-state index contributed by atoms with van der Waals surface area (Å²) < 4.78 is 26.3. The lowest BCUT2D eigenvalue weighted by Crippen LogP contribution is -2.29. The van der Waals surface area contributed by atoms with Crippen molar-refractivity contribution in [3.63, 3.8) is 0 Å². The molecule has 0 saturated heterocycles. The van der Waals surface area contributed by atoms with E-state index in [-0.39, 0.29) is 37.7 Å². The number of aliphatic hydroxyl groups is 3. The second-order valence-electron chi connectivity index (χ2n) is 14.6. The molecule has 0 amide bonds. The largest absolute Gasteiger partial charge is 0.469 e. The lowest BCUT2D eigenvalue weighted by Gasteiger charge is -2.19. The maximum Gasteiger partial charge on any atom is 0.469 e. The second-order valence-corrected chi connectivity index (χ2v) is 15.8. The summed E-state index contributed by atoms with van der Waals surface area (Å²) in [5.41, 5.74) is 0. The molecule has 1 fully saturated rings. The number of ether oxygens (including phenoxy) is 2. The van der Waals surface area contributed by atoms with Crippen molar-refractivity contribution in [1.29, 1.82) is 0 Å². The Bertz CT molecular complexity index is 1130. The number of unbranched alkanes of at least 4 members (excludes halogenated alkanes) is 12. The van der Waals surface area contributed by atoms with Gasteiger partial charge >= 0.3 is 19.8 Å². The molecule has 0 spiro atoms. The Kier molecular flexibility index (Phi) is 29.6. The van der Waals surface area contributed by atoms with Gasteiger partial charge in [-0.05, 0) is 70.1 Å². The average molecular weight is 785 g/mol. The predicted molar refractivity (Wildman–Crippen MR) is 213 cm³/mol. The van der Waals surface area contributed by atoms with E-state index in [1.807, 2.05) is 18.2 Å². The molecule has 6 atom stereocenters. The van der Waals surface area contributed by atoms with Gasteiger partial charge in [-0.1, -0.05) is 120 Å². The number of phosphoric acid groups is 1. The fourth-order valence-electron chi connectivity index (χ4n) is 6.45. The summed E-state index contributed by atoms with van der Waals surface area (Å²) in [6.45, 7) is 3.34. The molecule has 0 unspecified atom stereocenters. The topological polar surface area (TPSA) is 180 Å². The molecule has 0 aromatic rings. The van der Waals surface area contributed by atoms with E-state index < -0.39 is 50.8 Å². The lowest BCUT2D eigenvalue weighted by atomic mass is 9.89. The minimum absolute atomic E-state index is 0.0313. The first kappa shape index (κ1) is 49.9. The first-order valence-electron chi connectivity index (χ1n) is 20.7. The molecular formula is C42H73O11P. The maximum atomic E-state index is 12.5. The number of aliphatic hydroxyl groups excluding tert-OH is 3. The second kappa shape index (κ2) is 32.0. The molecule has 0 aliphatic heterocycles. The zero-order chi connectivity index (χ0) is 39.9. The van der Waals surface area contributed by atoms with Gasteiger partial charge in [-0.25, -0.2) is 4.57 Å². The van der Waals surface area contributed by atoms with Crippen LogP contribution in [0.25, 0.3) is 0 Å². The van der Waals surface area contributed by atoms with E-state index in [1.165, 1.54) is 25.7 Å². The molecule has 0 aromatic carbocycles. The summed E-state index contributed by atoms with van der Waals surface area (Å²) in [6, 6.07) is 0. The summed E-state index contributed by atoms with van der Waals surface area (Å²) in [4.78, 5) is 43.0. The van der Waals surface area contributed by atoms with Crippen LogP contribution in [0.3, 0.4) is 0 Å². The standard InChI is InChI=1S/C42H73O11P/c1-3-5-7-8-9-10-11-12-13-14-15-16-17-18-19-24-28-41(46)51-33-36(34-52-54(48,49)50)53-42(47)29-25-21-20-23-27-37-38(40(45)32-39(37)44)31-30-35(43)26-22-6-4-2/h9-10,12-13,20,23,30-31,35-40,43-45H,3-8,11,14-19,21-22,24-29,32-34H2,1-2H3,(H2,48,49,50)/b10-9-,13-12-,23-20+,31-30+/t35-,36+,37+,38+,39-,40+/m0/s1. The molecule has 5 N–H and O–H groups in total. The minimum Gasteiger partial charge on any atom is -0.462 e. The molecule has 1 rings (SSSR count). The monoisotopic (exact) mass is 784 g/mol. The van der Waals surface area contributed by atoms with Crippen molar-refractivity contribution in [3.8, 4) is 0 Å². The lowest BCUT2D eigenvalue weighted by molar-refractivity contribution is -0.161. The summed E-state index contributed by atoms with van der Waals surface area (Å²) in [7, 11) is -4.83. The molecule has 1 saturated carbocycles. The number of carbonyl (C=O) groups excluding carboxylic acids is 2. The molecule has 1 aliphatic rings. The van der Waals surface area contributed by atoms with Gasteiger partial charge in [-0.3, -0.25) is 14.1 Å². The highest BCUT2D eigenvalue weighted by molar-refractivity contribution is 7.46. The summed E-state index contributed by atoms with van der Waals surface area (Å²) in [5.74, 6) is -1.52. The van der Waals surface area contributed by atoms with Crippen LogP contribution in [0.15, 0.2) is 48.6 Å². The third kappa shape index (κ3) is 27.5. The van der Waals surface area contributed by atoms with E-state index in [2.05, 4.69) is 42.7 Å². The Hall–Kier alpha value is -2.11. The van der Waals surface area contributed by atoms with Crippen molar-refractivity contribution >= 4 is 19.8 Å². The Morgan fingerprint density at radius 3 is 2.00 bits per heavy atom. The van der Waals surface area contributed by atoms with Gasteiger partial charge in [0, 0.05) is 25.2 Å². The molecule has 11 nitrogen and oxygen atoms in total. The molecule has 0 radical (unpaired) electrons. The normalized spacial score (nSPS) is 20.5. The molecule has 0 bridgehead atoms. The number of hydrogen-bond acceptors (Lipinski definition) is 9. The Morgan fingerprint density at radius 2 is 1.31 bits per heavy atom. The van der Waals surface area contributed by atoms with Crippen LogP contribution in [0.1, 0.15) is 155 Å². The summed E-state index contributed by atoms with van der Waals surface area (Å²) in [5, 5.41) is 31.2. The molecular weight excluding hydrogens is 711 g/mol. The predicted octanol–water partition coefficient (Wildman–Crippen LogP) is 8.73. The van der Waals surface area contributed by atoms with Crippen molar-refractivity contribution in [1.82, 2.24) is 0 Å². The Labute approximate surface area is 325 Å². The molecule has 312 valence electrons. The van der Waals surface area contributed by atoms with Crippen LogP contribution in [-0.2, 0) is 28.2 Å². The van der Waals surface area contributed by atoms with Crippen molar-refractivity contribution < 1.29 is 53.3 Å². The average Bonchev–Trinajstić information content (AvgIpc) is 3.40. The molecule has 54 heavy (non-hydrogen) atoms. The SMILES string of the molecule is CCCCC/C=C\C/C=C\CCCCCCCCC(=O)OC[C@H](COP(=O)(O)O)OC(=O)CCC/C=C/C[C@@H]1[C@@H](/C=C/[C@@H](O)CCCCC)[C@H](O)C[C@@H]1O. The third-order valence-electron chi connectivity index (χ3n) is 9.64. The van der Waals surface area contributed by atoms with Crippen LogP contribution in [-0.4, -0.2) is 74.7 Å². The van der Waals surface area contributed by atoms with Gasteiger partial charge in [0.05, 0.1) is 24.9 Å². The van der Waals surface area contributed by atoms with Gasteiger partial charge in [0.15, 0.2) is 6.10 Å².